The molecule has 1 aliphatic heterocycles. The SMILES string of the molecule is O=S(=O)(c1ccccc1)C1c2ccccc2Sc2ccccc21. The predicted molar refractivity (Wildman–Crippen MR) is 92.5 cm³/mol. The first-order valence-corrected chi connectivity index (χ1v) is 9.69. The summed E-state index contributed by atoms with van der Waals surface area (Å²) in [5, 5.41) is -0.654. The van der Waals surface area contributed by atoms with Crippen LogP contribution in [0.2, 0.25) is 0 Å². The molecule has 2 nitrogen and oxygen atoms in total. The molecular formula is C19H14O2S2. The van der Waals surface area contributed by atoms with Crippen LogP contribution in [0.3, 0.4) is 0 Å². The van der Waals surface area contributed by atoms with Crippen LogP contribution in [0.25, 0.3) is 0 Å². The van der Waals surface area contributed by atoms with Gasteiger partial charge in [-0.05, 0) is 35.4 Å². The third kappa shape index (κ3) is 2.38. The second-order valence-electron chi connectivity index (χ2n) is 5.42. The van der Waals surface area contributed by atoms with Crippen molar-refractivity contribution in [3.63, 3.8) is 0 Å². The van der Waals surface area contributed by atoms with Gasteiger partial charge in [-0.1, -0.05) is 66.4 Å². The third-order valence-electron chi connectivity index (χ3n) is 4.00. The molecule has 1 aliphatic rings. The largest absolute Gasteiger partial charge is 0.223 e. The van der Waals surface area contributed by atoms with Crippen molar-refractivity contribution in [2.45, 2.75) is 19.9 Å². The molecule has 4 rings (SSSR count). The highest BCUT2D eigenvalue weighted by atomic mass is 32.2. The van der Waals surface area contributed by atoms with E-state index < -0.39 is 15.1 Å². The molecule has 0 unspecified atom stereocenters. The Morgan fingerprint density at radius 2 is 1.13 bits per heavy atom. The highest BCUT2D eigenvalue weighted by Crippen LogP contribution is 2.49. The molecule has 0 aromatic heterocycles. The minimum absolute atomic E-state index is 0.363. The van der Waals surface area contributed by atoms with E-state index in [1.807, 2.05) is 54.6 Å². The maximum Gasteiger partial charge on any atom is 0.189 e. The van der Waals surface area contributed by atoms with Crippen LogP contribution < -0.4 is 0 Å². The molecule has 0 N–H and O–H groups in total. The molecule has 0 aliphatic carbocycles. The minimum Gasteiger partial charge on any atom is -0.223 e. The van der Waals surface area contributed by atoms with Gasteiger partial charge in [-0.25, -0.2) is 8.42 Å². The quantitative estimate of drug-likeness (QED) is 0.678. The summed E-state index contributed by atoms with van der Waals surface area (Å²) in [6.45, 7) is 0. The van der Waals surface area contributed by atoms with Gasteiger partial charge in [-0.2, -0.15) is 0 Å². The van der Waals surface area contributed by atoms with Crippen molar-refractivity contribution in [3.05, 3.63) is 90.0 Å². The average molecular weight is 338 g/mol. The lowest BCUT2D eigenvalue weighted by molar-refractivity contribution is 0.587. The van der Waals surface area contributed by atoms with E-state index >= 15 is 0 Å². The number of sulfone groups is 1. The molecule has 3 aromatic carbocycles. The summed E-state index contributed by atoms with van der Waals surface area (Å²) in [5.41, 5.74) is 1.72. The summed E-state index contributed by atoms with van der Waals surface area (Å²) in [7, 11) is -3.50. The first-order chi connectivity index (χ1) is 11.2. The van der Waals surface area contributed by atoms with Crippen LogP contribution in [0.15, 0.2) is 93.5 Å². The van der Waals surface area contributed by atoms with Crippen molar-refractivity contribution in [1.29, 1.82) is 0 Å². The topological polar surface area (TPSA) is 34.1 Å². The number of benzene rings is 3. The third-order valence-corrected chi connectivity index (χ3v) is 7.25. The van der Waals surface area contributed by atoms with E-state index in [0.717, 1.165) is 20.9 Å². The maximum atomic E-state index is 13.3. The molecule has 0 amide bonds. The molecule has 23 heavy (non-hydrogen) atoms. The highest BCUT2D eigenvalue weighted by Gasteiger charge is 2.36. The number of rotatable bonds is 2. The maximum absolute atomic E-state index is 13.3. The first-order valence-electron chi connectivity index (χ1n) is 7.32. The lowest BCUT2D eigenvalue weighted by Crippen LogP contribution is -2.19. The van der Waals surface area contributed by atoms with Crippen molar-refractivity contribution in [1.82, 2.24) is 0 Å². The number of fused-ring (bicyclic) bond motifs is 2. The van der Waals surface area contributed by atoms with Crippen molar-refractivity contribution in [3.8, 4) is 0 Å². The van der Waals surface area contributed by atoms with Crippen LogP contribution in [-0.4, -0.2) is 8.42 Å². The monoisotopic (exact) mass is 338 g/mol. The fraction of sp³-hybridized carbons (Fsp3) is 0.0526. The molecule has 1 heterocycles. The van der Waals surface area contributed by atoms with E-state index in [2.05, 4.69) is 0 Å². The Morgan fingerprint density at radius 1 is 0.652 bits per heavy atom. The molecule has 0 saturated heterocycles. The number of hydrogen-bond acceptors (Lipinski definition) is 3. The van der Waals surface area contributed by atoms with Gasteiger partial charge in [-0.3, -0.25) is 0 Å². The predicted octanol–water partition coefficient (Wildman–Crippen LogP) is 4.71. The lowest BCUT2D eigenvalue weighted by atomic mass is 10.0. The molecule has 0 fully saturated rings. The van der Waals surface area contributed by atoms with Gasteiger partial charge in [0.2, 0.25) is 0 Å². The second-order valence-corrected chi connectivity index (χ2v) is 8.53. The van der Waals surface area contributed by atoms with Crippen LogP contribution >= 0.6 is 11.8 Å². The fourth-order valence-electron chi connectivity index (χ4n) is 2.95. The zero-order chi connectivity index (χ0) is 15.9. The standard InChI is InChI=1S/C19H14O2S2/c20-23(21,14-8-2-1-3-9-14)19-15-10-4-6-12-17(15)22-18-13-7-5-11-16(18)19/h1-13,19H. The molecule has 4 heteroatoms. The van der Waals surface area contributed by atoms with Crippen molar-refractivity contribution < 1.29 is 8.42 Å². The molecule has 114 valence electrons. The van der Waals surface area contributed by atoms with Gasteiger partial charge in [-0.15, -0.1) is 0 Å². The fourth-order valence-corrected chi connectivity index (χ4v) is 6.12. The zero-order valence-electron chi connectivity index (χ0n) is 12.2. The molecule has 0 saturated carbocycles. The normalized spacial score (nSPS) is 14.1. The average Bonchev–Trinajstić information content (AvgIpc) is 2.60. The molecule has 0 spiro atoms. The Labute approximate surface area is 140 Å². The van der Waals surface area contributed by atoms with E-state index in [-0.39, 0.29) is 0 Å². The van der Waals surface area contributed by atoms with E-state index in [1.54, 1.807) is 36.0 Å². The zero-order valence-corrected chi connectivity index (χ0v) is 13.8. The van der Waals surface area contributed by atoms with Crippen LogP contribution in [0, 0.1) is 0 Å². The molecule has 0 radical (unpaired) electrons. The molecular weight excluding hydrogens is 324 g/mol. The van der Waals surface area contributed by atoms with Crippen LogP contribution in [-0.2, 0) is 9.84 Å². The van der Waals surface area contributed by atoms with Gasteiger partial charge in [0.25, 0.3) is 0 Å². The highest BCUT2D eigenvalue weighted by molar-refractivity contribution is 7.99. The molecule has 0 atom stereocenters. The van der Waals surface area contributed by atoms with Gasteiger partial charge in [0.1, 0.15) is 5.25 Å². The van der Waals surface area contributed by atoms with Gasteiger partial charge in [0.05, 0.1) is 4.90 Å². The van der Waals surface area contributed by atoms with Crippen molar-refractivity contribution in [2.24, 2.45) is 0 Å². The van der Waals surface area contributed by atoms with Crippen molar-refractivity contribution >= 4 is 21.6 Å². The first kappa shape index (κ1) is 14.5. The smallest absolute Gasteiger partial charge is 0.189 e. The van der Waals surface area contributed by atoms with E-state index in [0.29, 0.717) is 4.90 Å². The molecule has 3 aromatic rings. The summed E-state index contributed by atoms with van der Waals surface area (Å²) in [6, 6.07) is 24.2. The Hall–Kier alpha value is -2.04. The van der Waals surface area contributed by atoms with E-state index in [4.69, 9.17) is 0 Å². The van der Waals surface area contributed by atoms with Crippen LogP contribution in [0.5, 0.6) is 0 Å². The Bertz CT molecular complexity index is 918. The minimum atomic E-state index is -3.50. The molecule has 0 bridgehead atoms. The lowest BCUT2D eigenvalue weighted by Gasteiger charge is -2.27. The van der Waals surface area contributed by atoms with Gasteiger partial charge in [0, 0.05) is 9.79 Å². The number of hydrogen-bond donors (Lipinski definition) is 0. The van der Waals surface area contributed by atoms with Crippen LogP contribution in [0.4, 0.5) is 0 Å². The Kier molecular flexibility index (Phi) is 3.51. The summed E-state index contributed by atoms with van der Waals surface area (Å²) in [6.07, 6.45) is 0. The van der Waals surface area contributed by atoms with E-state index in [9.17, 15) is 8.42 Å². The summed E-state index contributed by atoms with van der Waals surface area (Å²) in [4.78, 5) is 2.38. The van der Waals surface area contributed by atoms with Crippen molar-refractivity contribution in [2.75, 3.05) is 0 Å². The Balaban J connectivity index is 1.99. The Morgan fingerprint density at radius 3 is 1.70 bits per heavy atom. The summed E-state index contributed by atoms with van der Waals surface area (Å²) in [5.74, 6) is 0. The second kappa shape index (κ2) is 5.55. The summed E-state index contributed by atoms with van der Waals surface area (Å²) < 4.78 is 26.6. The van der Waals surface area contributed by atoms with Gasteiger partial charge >= 0.3 is 0 Å². The van der Waals surface area contributed by atoms with Gasteiger partial charge < -0.3 is 0 Å². The van der Waals surface area contributed by atoms with Gasteiger partial charge in [0.15, 0.2) is 9.84 Å². The van der Waals surface area contributed by atoms with Crippen LogP contribution in [0.1, 0.15) is 16.4 Å². The summed E-state index contributed by atoms with van der Waals surface area (Å²) >= 11 is 1.63. The van der Waals surface area contributed by atoms with E-state index in [1.165, 1.54) is 0 Å².